The number of rotatable bonds is 8. The van der Waals surface area contributed by atoms with Crippen LogP contribution in [0.5, 0.6) is 11.5 Å². The van der Waals surface area contributed by atoms with E-state index in [1.807, 2.05) is 19.0 Å². The van der Waals surface area contributed by atoms with Crippen molar-refractivity contribution < 1.29 is 28.6 Å². The highest BCUT2D eigenvalue weighted by molar-refractivity contribution is 6.46. The molecule has 3 rings (SSSR count). The molecular weight excluding hydrogens is 415 g/mol. The van der Waals surface area contributed by atoms with E-state index < -0.39 is 29.3 Å². The van der Waals surface area contributed by atoms with Crippen LogP contribution in [0.1, 0.15) is 23.6 Å². The molecule has 1 N–H and O–H groups in total. The Labute approximate surface area is 186 Å². The predicted octanol–water partition coefficient (Wildman–Crippen LogP) is 3.22. The first kappa shape index (κ1) is 23.3. The third kappa shape index (κ3) is 4.60. The number of amides is 1. The average molecular weight is 442 g/mol. The minimum absolute atomic E-state index is 0.00929. The summed E-state index contributed by atoms with van der Waals surface area (Å²) in [5, 5.41) is 11.0. The highest BCUT2D eigenvalue weighted by atomic mass is 19.1. The molecule has 1 fully saturated rings. The molecule has 0 spiro atoms. The number of ether oxygens (including phenoxy) is 2. The van der Waals surface area contributed by atoms with E-state index in [0.29, 0.717) is 24.3 Å². The molecule has 170 valence electrons. The molecule has 0 radical (unpaired) electrons. The van der Waals surface area contributed by atoms with Crippen LogP contribution in [0.2, 0.25) is 0 Å². The predicted molar refractivity (Wildman–Crippen MR) is 118 cm³/mol. The Balaban J connectivity index is 2.12. The summed E-state index contributed by atoms with van der Waals surface area (Å²) in [4.78, 5) is 29.4. The third-order valence-electron chi connectivity index (χ3n) is 5.38. The Hall–Kier alpha value is -3.39. The molecule has 0 bridgehead atoms. The Morgan fingerprint density at radius 1 is 1.12 bits per heavy atom. The summed E-state index contributed by atoms with van der Waals surface area (Å²) >= 11 is 0. The molecule has 0 aliphatic carbocycles. The van der Waals surface area contributed by atoms with Crippen LogP contribution in [0.25, 0.3) is 5.76 Å². The zero-order valence-electron chi connectivity index (χ0n) is 18.6. The number of hydrogen-bond acceptors (Lipinski definition) is 6. The van der Waals surface area contributed by atoms with Crippen molar-refractivity contribution in [2.45, 2.75) is 12.5 Å². The van der Waals surface area contributed by atoms with Crippen LogP contribution in [0.3, 0.4) is 0 Å². The number of aliphatic hydroxyl groups excluding tert-OH is 1. The van der Waals surface area contributed by atoms with Crippen molar-refractivity contribution in [1.29, 1.82) is 0 Å². The fraction of sp³-hybridized carbons (Fsp3) is 0.333. The monoisotopic (exact) mass is 442 g/mol. The van der Waals surface area contributed by atoms with Gasteiger partial charge in [-0.3, -0.25) is 9.59 Å². The van der Waals surface area contributed by atoms with Gasteiger partial charge in [0, 0.05) is 12.1 Å². The first-order valence-electron chi connectivity index (χ1n) is 10.2. The van der Waals surface area contributed by atoms with Gasteiger partial charge in [-0.2, -0.15) is 0 Å². The molecular formula is C24H27FN2O5. The van der Waals surface area contributed by atoms with Gasteiger partial charge in [-0.1, -0.05) is 12.1 Å². The zero-order valence-corrected chi connectivity index (χ0v) is 18.6. The largest absolute Gasteiger partial charge is 0.507 e. The van der Waals surface area contributed by atoms with E-state index in [9.17, 15) is 19.1 Å². The van der Waals surface area contributed by atoms with E-state index >= 15 is 0 Å². The molecule has 1 aliphatic rings. The van der Waals surface area contributed by atoms with E-state index in [1.165, 1.54) is 31.3 Å². The maximum absolute atomic E-state index is 14.3. The van der Waals surface area contributed by atoms with Crippen molar-refractivity contribution in [3.05, 3.63) is 65.0 Å². The van der Waals surface area contributed by atoms with Crippen LogP contribution < -0.4 is 9.47 Å². The maximum Gasteiger partial charge on any atom is 0.295 e. The summed E-state index contributed by atoms with van der Waals surface area (Å²) in [5.74, 6) is -2.07. The number of ketones is 1. The van der Waals surface area contributed by atoms with Gasteiger partial charge in [0.15, 0.2) is 11.6 Å². The Kier molecular flexibility index (Phi) is 7.15. The molecule has 7 nitrogen and oxygen atoms in total. The fourth-order valence-electron chi connectivity index (χ4n) is 3.80. The van der Waals surface area contributed by atoms with Crippen LogP contribution >= 0.6 is 0 Å². The molecule has 0 saturated carbocycles. The van der Waals surface area contributed by atoms with Crippen molar-refractivity contribution in [2.24, 2.45) is 0 Å². The normalized spacial score (nSPS) is 17.8. The van der Waals surface area contributed by atoms with E-state index in [1.54, 1.807) is 24.3 Å². The lowest BCUT2D eigenvalue weighted by molar-refractivity contribution is -0.139. The highest BCUT2D eigenvalue weighted by Gasteiger charge is 2.46. The smallest absolute Gasteiger partial charge is 0.295 e. The minimum Gasteiger partial charge on any atom is -0.507 e. The van der Waals surface area contributed by atoms with E-state index in [-0.39, 0.29) is 16.9 Å². The number of nitrogens with zero attached hydrogens (tertiary/aromatic N) is 2. The summed E-state index contributed by atoms with van der Waals surface area (Å²) in [7, 11) is 6.70. The van der Waals surface area contributed by atoms with Crippen LogP contribution in [0.4, 0.5) is 4.39 Å². The first-order chi connectivity index (χ1) is 15.3. The summed E-state index contributed by atoms with van der Waals surface area (Å²) < 4.78 is 24.5. The zero-order chi connectivity index (χ0) is 23.4. The molecule has 1 atom stereocenters. The fourth-order valence-corrected chi connectivity index (χ4v) is 3.80. The van der Waals surface area contributed by atoms with Gasteiger partial charge in [-0.25, -0.2) is 4.39 Å². The van der Waals surface area contributed by atoms with Crippen LogP contribution in [-0.2, 0) is 9.59 Å². The van der Waals surface area contributed by atoms with E-state index in [0.717, 1.165) is 12.6 Å². The molecule has 1 aliphatic heterocycles. The average Bonchev–Trinajstić information content (AvgIpc) is 3.03. The van der Waals surface area contributed by atoms with Gasteiger partial charge in [0.25, 0.3) is 11.7 Å². The molecule has 2 aromatic carbocycles. The lowest BCUT2D eigenvalue weighted by Crippen LogP contribution is -2.32. The van der Waals surface area contributed by atoms with Gasteiger partial charge in [0.2, 0.25) is 0 Å². The number of methoxy groups -OCH3 is 2. The number of Topliss-reactive ketones (excluding diaryl/α,β-unsaturated/α-hetero) is 1. The second-order valence-electron chi connectivity index (χ2n) is 7.78. The molecule has 8 heteroatoms. The Bertz CT molecular complexity index is 1050. The van der Waals surface area contributed by atoms with Gasteiger partial charge in [-0.15, -0.1) is 0 Å². The van der Waals surface area contributed by atoms with Crippen molar-refractivity contribution in [3.8, 4) is 11.5 Å². The van der Waals surface area contributed by atoms with Crippen molar-refractivity contribution in [3.63, 3.8) is 0 Å². The van der Waals surface area contributed by atoms with Crippen LogP contribution in [-0.4, -0.2) is 68.0 Å². The molecule has 0 aromatic heterocycles. The Morgan fingerprint density at radius 2 is 1.88 bits per heavy atom. The quantitative estimate of drug-likeness (QED) is 0.384. The standard InChI is InChI=1S/C24H27FN2O5/c1-26(2)11-6-12-27-21(15-7-5-8-17(13-15)31-3)20(23(29)24(27)30)22(28)16-9-10-19(32-4)18(25)14-16/h5,7-10,13-14,21,28H,6,11-12H2,1-4H3/b22-20+. The number of benzene rings is 2. The van der Waals surface area contributed by atoms with Crippen molar-refractivity contribution >= 4 is 17.4 Å². The van der Waals surface area contributed by atoms with E-state index in [4.69, 9.17) is 9.47 Å². The number of carbonyl (C=O) groups is 2. The number of likely N-dealkylation sites (tertiary alicyclic amines) is 1. The number of halogens is 1. The summed E-state index contributed by atoms with van der Waals surface area (Å²) in [5.41, 5.74) is 0.615. The van der Waals surface area contributed by atoms with Crippen LogP contribution in [0, 0.1) is 5.82 Å². The van der Waals surface area contributed by atoms with Gasteiger partial charge < -0.3 is 24.4 Å². The number of hydrogen-bond donors (Lipinski definition) is 1. The third-order valence-corrected chi connectivity index (χ3v) is 5.38. The second kappa shape index (κ2) is 9.82. The number of aliphatic hydroxyl groups is 1. The molecule has 1 amide bonds. The van der Waals surface area contributed by atoms with Gasteiger partial charge >= 0.3 is 0 Å². The van der Waals surface area contributed by atoms with Gasteiger partial charge in [-0.05, 0) is 63.0 Å². The SMILES string of the molecule is COc1cccc(C2/C(=C(\O)c3ccc(OC)c(F)c3)C(=O)C(=O)N2CCCN(C)C)c1. The Morgan fingerprint density at radius 3 is 2.50 bits per heavy atom. The summed E-state index contributed by atoms with van der Waals surface area (Å²) in [6.07, 6.45) is 0.637. The lowest BCUT2D eigenvalue weighted by Gasteiger charge is -2.26. The maximum atomic E-state index is 14.3. The van der Waals surface area contributed by atoms with Gasteiger partial charge in [0.05, 0.1) is 25.8 Å². The topological polar surface area (TPSA) is 79.3 Å². The molecule has 2 aromatic rings. The second-order valence-corrected chi connectivity index (χ2v) is 7.78. The lowest BCUT2D eigenvalue weighted by atomic mass is 9.95. The minimum atomic E-state index is -0.822. The number of carbonyl (C=O) groups excluding carboxylic acids is 2. The van der Waals surface area contributed by atoms with Crippen molar-refractivity contribution in [2.75, 3.05) is 41.4 Å². The first-order valence-corrected chi connectivity index (χ1v) is 10.2. The summed E-state index contributed by atoms with van der Waals surface area (Å²) in [6, 6.07) is 10.0. The summed E-state index contributed by atoms with van der Waals surface area (Å²) in [6.45, 7) is 1.04. The van der Waals surface area contributed by atoms with Gasteiger partial charge in [0.1, 0.15) is 11.5 Å². The molecule has 1 heterocycles. The van der Waals surface area contributed by atoms with Crippen molar-refractivity contribution in [1.82, 2.24) is 9.80 Å². The molecule has 1 saturated heterocycles. The van der Waals surface area contributed by atoms with Crippen LogP contribution in [0.15, 0.2) is 48.0 Å². The molecule has 1 unspecified atom stereocenters. The van der Waals surface area contributed by atoms with E-state index in [2.05, 4.69) is 0 Å². The molecule has 32 heavy (non-hydrogen) atoms. The highest BCUT2D eigenvalue weighted by Crippen LogP contribution is 2.40.